The smallest absolute Gasteiger partial charge is 0.407 e. The maximum atomic E-state index is 13.2. The number of ether oxygens (including phenoxy) is 1. The number of likely N-dealkylation sites (N-methyl/N-ethyl adjacent to an activating group) is 1. The van der Waals surface area contributed by atoms with Crippen molar-refractivity contribution in [3.05, 3.63) is 0 Å². The molecule has 2 N–H and O–H groups in total. The average Bonchev–Trinajstić information content (AvgIpc) is 2.26. The lowest BCUT2D eigenvalue weighted by molar-refractivity contribution is -0.0369. The molecule has 0 aromatic rings. The first-order valence-electron chi connectivity index (χ1n) is 7.63. The van der Waals surface area contributed by atoms with Crippen molar-refractivity contribution in [3.8, 4) is 0 Å². The molecule has 0 aliphatic heterocycles. The first-order chi connectivity index (χ1) is 9.87. The van der Waals surface area contributed by atoms with Crippen LogP contribution in [-0.4, -0.2) is 59.4 Å². The van der Waals surface area contributed by atoms with Gasteiger partial charge in [-0.2, -0.15) is 0 Å². The summed E-state index contributed by atoms with van der Waals surface area (Å²) in [4.78, 5) is 13.4. The predicted molar refractivity (Wildman–Crippen MR) is 80.1 cm³/mol. The van der Waals surface area contributed by atoms with Gasteiger partial charge in [0.05, 0.1) is 12.6 Å². The zero-order valence-electron chi connectivity index (χ0n) is 14.0. The molecular formula is C15H28F2N2O3. The Balaban J connectivity index is 2.70. The van der Waals surface area contributed by atoms with Gasteiger partial charge in [0.15, 0.2) is 0 Å². The molecule has 0 radical (unpaired) electrons. The zero-order chi connectivity index (χ0) is 17.1. The SMILES string of the molecule is CN(CC(C)(F)F)C1CC(O)CCC1NC(=O)OC(C)(C)C. The first kappa shape index (κ1) is 19.1. The maximum absolute atomic E-state index is 13.2. The van der Waals surface area contributed by atoms with Gasteiger partial charge in [-0.05, 0) is 47.1 Å². The van der Waals surface area contributed by atoms with Crippen LogP contribution in [0.1, 0.15) is 47.0 Å². The summed E-state index contributed by atoms with van der Waals surface area (Å²) in [6, 6.07) is -0.660. The second-order valence-corrected chi connectivity index (χ2v) is 7.27. The Hall–Kier alpha value is -0.950. The second kappa shape index (κ2) is 7.08. The number of nitrogens with zero attached hydrogens (tertiary/aromatic N) is 1. The monoisotopic (exact) mass is 322 g/mol. The molecule has 1 aliphatic rings. The molecular weight excluding hydrogens is 294 g/mol. The topological polar surface area (TPSA) is 61.8 Å². The fourth-order valence-corrected chi connectivity index (χ4v) is 2.79. The highest BCUT2D eigenvalue weighted by Gasteiger charge is 2.37. The maximum Gasteiger partial charge on any atom is 0.407 e. The molecule has 5 nitrogen and oxygen atoms in total. The summed E-state index contributed by atoms with van der Waals surface area (Å²) in [6.07, 6.45) is 0.329. The molecule has 1 saturated carbocycles. The molecule has 7 heteroatoms. The van der Waals surface area contributed by atoms with Crippen LogP contribution in [0.25, 0.3) is 0 Å². The number of rotatable bonds is 4. The number of carbonyl (C=O) groups is 1. The third kappa shape index (κ3) is 6.87. The molecule has 3 atom stereocenters. The fraction of sp³-hybridized carbons (Fsp3) is 0.933. The molecule has 0 bridgehead atoms. The Morgan fingerprint density at radius 3 is 2.41 bits per heavy atom. The number of amides is 1. The molecule has 0 aromatic carbocycles. The van der Waals surface area contributed by atoms with Gasteiger partial charge in [0.2, 0.25) is 0 Å². The number of aliphatic hydroxyl groups excluding tert-OH is 1. The molecule has 130 valence electrons. The summed E-state index contributed by atoms with van der Waals surface area (Å²) in [5, 5.41) is 12.6. The molecule has 1 fully saturated rings. The Kier molecular flexibility index (Phi) is 6.15. The van der Waals surface area contributed by atoms with Crippen LogP contribution >= 0.6 is 0 Å². The third-order valence-corrected chi connectivity index (χ3v) is 3.58. The third-order valence-electron chi connectivity index (χ3n) is 3.58. The summed E-state index contributed by atoms with van der Waals surface area (Å²) in [7, 11) is 1.59. The van der Waals surface area contributed by atoms with Crippen molar-refractivity contribution in [3.63, 3.8) is 0 Å². The van der Waals surface area contributed by atoms with Gasteiger partial charge in [0.25, 0.3) is 5.92 Å². The van der Waals surface area contributed by atoms with E-state index in [1.54, 1.807) is 27.8 Å². The van der Waals surface area contributed by atoms with Crippen molar-refractivity contribution in [2.24, 2.45) is 0 Å². The highest BCUT2D eigenvalue weighted by Crippen LogP contribution is 2.25. The van der Waals surface area contributed by atoms with Crippen molar-refractivity contribution in [1.29, 1.82) is 0 Å². The lowest BCUT2D eigenvalue weighted by Gasteiger charge is -2.40. The van der Waals surface area contributed by atoms with Gasteiger partial charge in [-0.15, -0.1) is 0 Å². The largest absolute Gasteiger partial charge is 0.444 e. The van der Waals surface area contributed by atoms with Gasteiger partial charge < -0.3 is 15.2 Å². The number of alkyl carbamates (subject to hydrolysis) is 1. The van der Waals surface area contributed by atoms with Crippen LogP contribution in [0.5, 0.6) is 0 Å². The van der Waals surface area contributed by atoms with Gasteiger partial charge >= 0.3 is 6.09 Å². The van der Waals surface area contributed by atoms with Crippen molar-refractivity contribution in [2.45, 2.75) is 76.7 Å². The second-order valence-electron chi connectivity index (χ2n) is 7.27. The molecule has 0 aromatic heterocycles. The molecule has 3 unspecified atom stereocenters. The van der Waals surface area contributed by atoms with Crippen molar-refractivity contribution in [1.82, 2.24) is 10.2 Å². The van der Waals surface area contributed by atoms with Crippen LogP contribution in [0.3, 0.4) is 0 Å². The molecule has 0 saturated heterocycles. The highest BCUT2D eigenvalue weighted by atomic mass is 19.3. The number of alkyl halides is 2. The molecule has 1 aliphatic carbocycles. The van der Waals surface area contributed by atoms with E-state index in [2.05, 4.69) is 5.32 Å². The van der Waals surface area contributed by atoms with E-state index in [1.165, 1.54) is 4.90 Å². The number of nitrogens with one attached hydrogen (secondary N) is 1. The van der Waals surface area contributed by atoms with E-state index in [0.717, 1.165) is 6.92 Å². The van der Waals surface area contributed by atoms with E-state index in [4.69, 9.17) is 4.74 Å². The van der Waals surface area contributed by atoms with Crippen LogP contribution < -0.4 is 5.32 Å². The van der Waals surface area contributed by atoms with Crippen LogP contribution in [0.15, 0.2) is 0 Å². The van der Waals surface area contributed by atoms with Gasteiger partial charge in [-0.1, -0.05) is 0 Å². The average molecular weight is 322 g/mol. The summed E-state index contributed by atoms with van der Waals surface area (Å²) in [5.74, 6) is -2.83. The minimum Gasteiger partial charge on any atom is -0.444 e. The molecule has 0 heterocycles. The quantitative estimate of drug-likeness (QED) is 0.834. The Bertz CT molecular complexity index is 380. The van der Waals surface area contributed by atoms with E-state index in [-0.39, 0.29) is 12.1 Å². The Morgan fingerprint density at radius 2 is 1.91 bits per heavy atom. The Morgan fingerprint density at radius 1 is 1.32 bits per heavy atom. The standard InChI is InChI=1S/C15H28F2N2O3/c1-14(2,3)22-13(21)18-11-7-6-10(20)8-12(11)19(5)9-15(4,16)17/h10-12,20H,6-9H2,1-5H3,(H,18,21). The minimum atomic E-state index is -2.83. The highest BCUT2D eigenvalue weighted by molar-refractivity contribution is 5.68. The molecule has 1 rings (SSSR count). The lowest BCUT2D eigenvalue weighted by Crippen LogP contribution is -2.56. The summed E-state index contributed by atoms with van der Waals surface area (Å²) in [6.45, 7) is 5.73. The number of aliphatic hydroxyl groups is 1. The van der Waals surface area contributed by atoms with Crippen molar-refractivity contribution in [2.75, 3.05) is 13.6 Å². The Labute approximate surface area is 131 Å². The molecule has 22 heavy (non-hydrogen) atoms. The van der Waals surface area contributed by atoms with Crippen LogP contribution in [0.2, 0.25) is 0 Å². The number of carbonyl (C=O) groups excluding carboxylic acids is 1. The fourth-order valence-electron chi connectivity index (χ4n) is 2.79. The zero-order valence-corrected chi connectivity index (χ0v) is 14.0. The van der Waals surface area contributed by atoms with Gasteiger partial charge in [0, 0.05) is 19.0 Å². The van der Waals surface area contributed by atoms with Crippen LogP contribution in [-0.2, 0) is 4.74 Å². The number of hydrogen-bond donors (Lipinski definition) is 2. The van der Waals surface area contributed by atoms with Crippen molar-refractivity contribution >= 4 is 6.09 Å². The molecule has 0 spiro atoms. The van der Waals surface area contributed by atoms with Gasteiger partial charge in [-0.3, -0.25) is 4.90 Å². The predicted octanol–water partition coefficient (Wildman–Crippen LogP) is 2.38. The summed E-state index contributed by atoms with van der Waals surface area (Å²) in [5.41, 5.74) is -0.615. The van der Waals surface area contributed by atoms with Crippen LogP contribution in [0, 0.1) is 0 Å². The van der Waals surface area contributed by atoms with E-state index >= 15 is 0 Å². The first-order valence-corrected chi connectivity index (χ1v) is 7.63. The number of halogens is 2. The van der Waals surface area contributed by atoms with Crippen molar-refractivity contribution < 1.29 is 23.4 Å². The summed E-state index contributed by atoms with van der Waals surface area (Å²) >= 11 is 0. The van der Waals surface area contributed by atoms with E-state index in [1.807, 2.05) is 0 Å². The number of hydrogen-bond acceptors (Lipinski definition) is 4. The van der Waals surface area contributed by atoms with Crippen LogP contribution in [0.4, 0.5) is 13.6 Å². The lowest BCUT2D eigenvalue weighted by atomic mass is 9.87. The summed E-state index contributed by atoms with van der Waals surface area (Å²) < 4.78 is 31.7. The van der Waals surface area contributed by atoms with E-state index in [9.17, 15) is 18.7 Å². The molecule has 1 amide bonds. The minimum absolute atomic E-state index is 0.314. The van der Waals surface area contributed by atoms with Gasteiger partial charge in [-0.25, -0.2) is 13.6 Å². The van der Waals surface area contributed by atoms with E-state index < -0.39 is 30.3 Å². The normalized spacial score (nSPS) is 26.9. The van der Waals surface area contributed by atoms with E-state index in [0.29, 0.717) is 19.3 Å². The van der Waals surface area contributed by atoms with Gasteiger partial charge in [0.1, 0.15) is 5.60 Å².